The summed E-state index contributed by atoms with van der Waals surface area (Å²) in [5.41, 5.74) is 2.60. The first-order chi connectivity index (χ1) is 9.72. The molecular formula is C15H14N2O3. The molecule has 0 aromatic heterocycles. The van der Waals surface area contributed by atoms with Crippen molar-refractivity contribution in [2.45, 2.75) is 13.2 Å². The van der Waals surface area contributed by atoms with E-state index in [1.165, 1.54) is 0 Å². The molecule has 0 spiro atoms. The maximum Gasteiger partial charge on any atom is 0.345 e. The number of carbonyl (C=O) groups is 1. The van der Waals surface area contributed by atoms with Gasteiger partial charge >= 0.3 is 6.03 Å². The number of rotatable bonds is 3. The minimum atomic E-state index is -0.518. The second-order valence-electron chi connectivity index (χ2n) is 4.58. The highest BCUT2D eigenvalue weighted by Crippen LogP contribution is 2.27. The third-order valence-corrected chi connectivity index (χ3v) is 3.12. The molecule has 1 heterocycles. The Kier molecular flexibility index (Phi) is 3.26. The van der Waals surface area contributed by atoms with Crippen LogP contribution < -0.4 is 10.1 Å². The lowest BCUT2D eigenvalue weighted by molar-refractivity contribution is -0.0469. The molecule has 2 amide bonds. The van der Waals surface area contributed by atoms with E-state index >= 15 is 0 Å². The standard InChI is InChI=1S/C15H14N2O3/c18-15-16-14-7-6-13(8-12(14)9-17(15)19)20-10-11-4-2-1-3-5-11/h1-8,19H,9-10H2,(H,16,18). The van der Waals surface area contributed by atoms with Crippen molar-refractivity contribution in [2.75, 3.05) is 5.32 Å². The zero-order chi connectivity index (χ0) is 13.9. The fourth-order valence-electron chi connectivity index (χ4n) is 2.07. The molecule has 3 rings (SSSR count). The SMILES string of the molecule is O=C1Nc2ccc(OCc3ccccc3)cc2CN1O. The molecule has 2 aromatic carbocycles. The van der Waals surface area contributed by atoms with Crippen LogP contribution in [-0.2, 0) is 13.2 Å². The topological polar surface area (TPSA) is 61.8 Å². The number of hydroxylamine groups is 2. The van der Waals surface area contributed by atoms with Gasteiger partial charge in [-0.2, -0.15) is 0 Å². The minimum Gasteiger partial charge on any atom is -0.489 e. The van der Waals surface area contributed by atoms with Crippen LogP contribution >= 0.6 is 0 Å². The van der Waals surface area contributed by atoms with Gasteiger partial charge in [-0.1, -0.05) is 30.3 Å². The van der Waals surface area contributed by atoms with Gasteiger partial charge in [-0.25, -0.2) is 9.86 Å². The number of ether oxygens (including phenoxy) is 1. The normalized spacial score (nSPS) is 13.7. The Bertz CT molecular complexity index is 628. The molecule has 0 aliphatic carbocycles. The minimum absolute atomic E-state index is 0.156. The van der Waals surface area contributed by atoms with Gasteiger partial charge in [-0.15, -0.1) is 0 Å². The van der Waals surface area contributed by atoms with E-state index < -0.39 is 6.03 Å². The largest absolute Gasteiger partial charge is 0.489 e. The lowest BCUT2D eigenvalue weighted by atomic mass is 10.1. The summed E-state index contributed by atoms with van der Waals surface area (Å²) in [5, 5.41) is 12.6. The second kappa shape index (κ2) is 5.22. The van der Waals surface area contributed by atoms with Gasteiger partial charge in [0, 0.05) is 11.3 Å². The highest BCUT2D eigenvalue weighted by molar-refractivity contribution is 5.91. The van der Waals surface area contributed by atoms with Crippen LogP contribution in [0.2, 0.25) is 0 Å². The fraction of sp³-hybridized carbons (Fsp3) is 0.133. The van der Waals surface area contributed by atoms with E-state index in [0.717, 1.165) is 11.1 Å². The summed E-state index contributed by atoms with van der Waals surface area (Å²) in [6, 6.07) is 14.8. The van der Waals surface area contributed by atoms with Crippen LogP contribution in [0.15, 0.2) is 48.5 Å². The van der Waals surface area contributed by atoms with E-state index in [2.05, 4.69) is 5.32 Å². The number of anilines is 1. The van der Waals surface area contributed by atoms with Gasteiger partial charge in [0.2, 0.25) is 0 Å². The zero-order valence-corrected chi connectivity index (χ0v) is 10.7. The zero-order valence-electron chi connectivity index (χ0n) is 10.7. The van der Waals surface area contributed by atoms with E-state index in [1.807, 2.05) is 36.4 Å². The lowest BCUT2D eigenvalue weighted by Gasteiger charge is -2.24. The third-order valence-electron chi connectivity index (χ3n) is 3.12. The van der Waals surface area contributed by atoms with Crippen LogP contribution in [0.4, 0.5) is 10.5 Å². The average Bonchev–Trinajstić information content (AvgIpc) is 2.47. The maximum absolute atomic E-state index is 11.3. The summed E-state index contributed by atoms with van der Waals surface area (Å²) >= 11 is 0. The molecule has 0 saturated heterocycles. The van der Waals surface area contributed by atoms with Gasteiger partial charge in [0.25, 0.3) is 0 Å². The molecule has 0 unspecified atom stereocenters. The van der Waals surface area contributed by atoms with Crippen molar-refractivity contribution in [2.24, 2.45) is 0 Å². The summed E-state index contributed by atoms with van der Waals surface area (Å²) in [7, 11) is 0. The maximum atomic E-state index is 11.3. The highest BCUT2D eigenvalue weighted by atomic mass is 16.5. The number of hydrogen-bond donors (Lipinski definition) is 2. The van der Waals surface area contributed by atoms with E-state index in [9.17, 15) is 10.0 Å². The molecule has 0 saturated carbocycles. The molecule has 5 heteroatoms. The van der Waals surface area contributed by atoms with Crippen molar-refractivity contribution in [1.29, 1.82) is 0 Å². The van der Waals surface area contributed by atoms with Crippen molar-refractivity contribution in [3.05, 3.63) is 59.7 Å². The smallest absolute Gasteiger partial charge is 0.345 e. The molecule has 0 bridgehead atoms. The van der Waals surface area contributed by atoms with E-state index in [0.29, 0.717) is 23.1 Å². The van der Waals surface area contributed by atoms with Crippen LogP contribution in [0.1, 0.15) is 11.1 Å². The molecule has 20 heavy (non-hydrogen) atoms. The quantitative estimate of drug-likeness (QED) is 0.843. The number of nitrogens with zero attached hydrogens (tertiary/aromatic N) is 1. The monoisotopic (exact) mass is 270 g/mol. The van der Waals surface area contributed by atoms with Gasteiger partial charge in [0.05, 0.1) is 6.54 Å². The summed E-state index contributed by atoms with van der Waals surface area (Å²) in [6.45, 7) is 0.637. The van der Waals surface area contributed by atoms with Crippen molar-refractivity contribution in [1.82, 2.24) is 5.06 Å². The Balaban J connectivity index is 1.73. The first-order valence-corrected chi connectivity index (χ1v) is 6.29. The highest BCUT2D eigenvalue weighted by Gasteiger charge is 2.21. The van der Waals surface area contributed by atoms with Crippen LogP contribution in [0, 0.1) is 0 Å². The third kappa shape index (κ3) is 2.57. The van der Waals surface area contributed by atoms with Gasteiger partial charge in [0.15, 0.2) is 0 Å². The average molecular weight is 270 g/mol. The first-order valence-electron chi connectivity index (χ1n) is 6.29. The number of fused-ring (bicyclic) bond motifs is 1. The predicted octanol–water partition coefficient (Wildman–Crippen LogP) is 3.00. The Morgan fingerprint density at radius 3 is 2.80 bits per heavy atom. The number of hydrogen-bond acceptors (Lipinski definition) is 3. The van der Waals surface area contributed by atoms with Crippen molar-refractivity contribution in [3.8, 4) is 5.75 Å². The molecular weight excluding hydrogens is 256 g/mol. The van der Waals surface area contributed by atoms with E-state index in [1.54, 1.807) is 12.1 Å². The van der Waals surface area contributed by atoms with Gasteiger partial charge in [-0.3, -0.25) is 5.21 Å². The van der Waals surface area contributed by atoms with E-state index in [4.69, 9.17) is 4.74 Å². The Hall–Kier alpha value is -2.53. The fourth-order valence-corrected chi connectivity index (χ4v) is 2.07. The van der Waals surface area contributed by atoms with Crippen molar-refractivity contribution >= 4 is 11.7 Å². The molecule has 1 aliphatic rings. The summed E-state index contributed by atoms with van der Waals surface area (Å²) < 4.78 is 5.71. The summed E-state index contributed by atoms with van der Waals surface area (Å²) in [4.78, 5) is 11.3. The molecule has 1 aliphatic heterocycles. The summed E-state index contributed by atoms with van der Waals surface area (Å²) in [6.07, 6.45) is 0. The molecule has 0 radical (unpaired) electrons. The molecule has 5 nitrogen and oxygen atoms in total. The van der Waals surface area contributed by atoms with Crippen molar-refractivity contribution < 1.29 is 14.7 Å². The molecule has 2 N–H and O–H groups in total. The Morgan fingerprint density at radius 1 is 1.20 bits per heavy atom. The number of urea groups is 1. The predicted molar refractivity (Wildman–Crippen MR) is 73.6 cm³/mol. The van der Waals surface area contributed by atoms with Crippen LogP contribution in [-0.4, -0.2) is 16.3 Å². The number of carbonyl (C=O) groups excluding carboxylic acids is 1. The van der Waals surface area contributed by atoms with Gasteiger partial charge < -0.3 is 10.1 Å². The van der Waals surface area contributed by atoms with E-state index in [-0.39, 0.29) is 6.54 Å². The number of nitrogens with one attached hydrogen (secondary N) is 1. The van der Waals surface area contributed by atoms with Crippen LogP contribution in [0.5, 0.6) is 5.75 Å². The second-order valence-corrected chi connectivity index (χ2v) is 4.58. The molecule has 102 valence electrons. The van der Waals surface area contributed by atoms with Gasteiger partial charge in [0.1, 0.15) is 12.4 Å². The molecule has 0 atom stereocenters. The number of amides is 2. The van der Waals surface area contributed by atoms with Crippen molar-refractivity contribution in [3.63, 3.8) is 0 Å². The first kappa shape index (κ1) is 12.5. The molecule has 0 fully saturated rings. The molecule has 2 aromatic rings. The summed E-state index contributed by atoms with van der Waals surface area (Å²) in [5.74, 6) is 0.706. The lowest BCUT2D eigenvalue weighted by Crippen LogP contribution is -2.35. The number of benzene rings is 2. The van der Waals surface area contributed by atoms with Gasteiger partial charge in [-0.05, 0) is 23.8 Å². The Morgan fingerprint density at radius 2 is 2.00 bits per heavy atom. The Labute approximate surface area is 116 Å². The van der Waals surface area contributed by atoms with Crippen LogP contribution in [0.3, 0.4) is 0 Å². The van der Waals surface area contributed by atoms with Crippen LogP contribution in [0.25, 0.3) is 0 Å².